The number of hydrogen-bond acceptors (Lipinski definition) is 8. The molecule has 0 saturated carbocycles. The number of oxazole rings is 1. The molecule has 1 fully saturated rings. The van der Waals surface area contributed by atoms with Crippen molar-refractivity contribution >= 4 is 17.8 Å². The predicted octanol–water partition coefficient (Wildman–Crippen LogP) is 2.29. The fraction of sp³-hybridized carbons (Fsp3) is 0.320. The molecule has 3 heterocycles. The molecule has 5 rings (SSSR count). The standard InChI is InChI=1S/C25H25FN4O6/c1-33-21-3-2-16-10-22(21)35-14-23(31)28-12-15-8-17(26)11-18(9-15)36-20-4-6-30(25-27-5-7-34-25)13-19(20)29-24(16)32/h2-3,5,7-11,19-20H,4,6,12-14H2,1H3,(H,28,31)(H,29,32)/t19-,20+/m0/s1. The number of anilines is 1. The minimum Gasteiger partial charge on any atom is -0.493 e. The van der Waals surface area contributed by atoms with Crippen molar-refractivity contribution in [1.82, 2.24) is 15.6 Å². The third-order valence-corrected chi connectivity index (χ3v) is 6.05. The number of aromatic nitrogens is 1. The number of piperidine rings is 1. The summed E-state index contributed by atoms with van der Waals surface area (Å²) in [4.78, 5) is 31.7. The van der Waals surface area contributed by atoms with Gasteiger partial charge in [-0.2, -0.15) is 0 Å². The number of rotatable bonds is 2. The molecule has 2 N–H and O–H groups in total. The third kappa shape index (κ3) is 5.19. The minimum atomic E-state index is -0.494. The van der Waals surface area contributed by atoms with Gasteiger partial charge < -0.3 is 34.2 Å². The van der Waals surface area contributed by atoms with Crippen LogP contribution in [0, 0.1) is 5.82 Å². The smallest absolute Gasteiger partial charge is 0.297 e. The Hall–Kier alpha value is -4.28. The molecule has 0 radical (unpaired) electrons. The Morgan fingerprint density at radius 2 is 2.08 bits per heavy atom. The Bertz CT molecular complexity index is 1250. The SMILES string of the molecule is COc1ccc2cc1OCC(=O)NCc1cc(F)cc(c1)O[C@@H]1CCN(c3ncco3)C[C@@H]1NC2=O. The fourth-order valence-electron chi connectivity index (χ4n) is 4.30. The van der Waals surface area contributed by atoms with Crippen molar-refractivity contribution in [2.45, 2.75) is 25.1 Å². The molecule has 188 valence electrons. The maximum Gasteiger partial charge on any atom is 0.297 e. The van der Waals surface area contributed by atoms with Crippen LogP contribution in [0.5, 0.6) is 17.2 Å². The lowest BCUT2D eigenvalue weighted by molar-refractivity contribution is -0.123. The number of carbonyl (C=O) groups is 2. The molecule has 0 unspecified atom stereocenters. The molecule has 11 heteroatoms. The lowest BCUT2D eigenvalue weighted by Gasteiger charge is -2.38. The molecule has 3 aromatic rings. The Labute approximate surface area is 206 Å². The van der Waals surface area contributed by atoms with Crippen molar-refractivity contribution in [3.05, 3.63) is 65.8 Å². The second kappa shape index (κ2) is 10.1. The van der Waals surface area contributed by atoms with Crippen LogP contribution >= 0.6 is 0 Å². The van der Waals surface area contributed by atoms with Gasteiger partial charge in [0.2, 0.25) is 0 Å². The molecule has 2 aromatic carbocycles. The first-order valence-electron chi connectivity index (χ1n) is 11.5. The Balaban J connectivity index is 1.48. The van der Waals surface area contributed by atoms with Gasteiger partial charge in [0, 0.05) is 37.7 Å². The van der Waals surface area contributed by atoms with Crippen molar-refractivity contribution in [1.29, 1.82) is 0 Å². The summed E-state index contributed by atoms with van der Waals surface area (Å²) in [7, 11) is 1.47. The van der Waals surface area contributed by atoms with Crippen molar-refractivity contribution in [3.63, 3.8) is 0 Å². The van der Waals surface area contributed by atoms with E-state index in [9.17, 15) is 14.0 Å². The number of benzene rings is 2. The number of methoxy groups -OCH3 is 1. The zero-order valence-corrected chi connectivity index (χ0v) is 19.5. The van der Waals surface area contributed by atoms with E-state index in [1.165, 1.54) is 31.6 Å². The maximum atomic E-state index is 14.4. The highest BCUT2D eigenvalue weighted by Gasteiger charge is 2.34. The second-order valence-electron chi connectivity index (χ2n) is 8.51. The van der Waals surface area contributed by atoms with Crippen molar-refractivity contribution in [2.24, 2.45) is 0 Å². The summed E-state index contributed by atoms with van der Waals surface area (Å²) in [6.07, 6.45) is 3.11. The second-order valence-corrected chi connectivity index (χ2v) is 8.51. The van der Waals surface area contributed by atoms with E-state index in [2.05, 4.69) is 15.6 Å². The molecule has 2 aliphatic rings. The summed E-state index contributed by atoms with van der Waals surface area (Å²) < 4.78 is 36.9. The molecule has 2 amide bonds. The number of nitrogens with zero attached hydrogens (tertiary/aromatic N) is 2. The lowest BCUT2D eigenvalue weighted by Crippen LogP contribution is -2.57. The topological polar surface area (TPSA) is 115 Å². The zero-order chi connectivity index (χ0) is 25.1. The predicted molar refractivity (Wildman–Crippen MR) is 126 cm³/mol. The highest BCUT2D eigenvalue weighted by atomic mass is 19.1. The average Bonchev–Trinajstić information content (AvgIpc) is 3.41. The monoisotopic (exact) mass is 496 g/mol. The molecular weight excluding hydrogens is 471 g/mol. The summed E-state index contributed by atoms with van der Waals surface area (Å²) in [5.74, 6) is -0.339. The molecule has 0 aliphatic carbocycles. The lowest BCUT2D eigenvalue weighted by atomic mass is 10.0. The number of carbonyl (C=O) groups excluding carboxylic acids is 2. The molecule has 4 bridgehead atoms. The van der Waals surface area contributed by atoms with E-state index < -0.39 is 23.9 Å². The first kappa shape index (κ1) is 23.5. The number of fused-ring (bicyclic) bond motifs is 5. The van der Waals surface area contributed by atoms with Gasteiger partial charge >= 0.3 is 0 Å². The van der Waals surface area contributed by atoms with Crippen LogP contribution < -0.4 is 29.7 Å². The summed E-state index contributed by atoms with van der Waals surface area (Å²) in [6.45, 7) is 0.719. The molecule has 1 aromatic heterocycles. The van der Waals surface area contributed by atoms with Gasteiger partial charge in [-0.05, 0) is 35.9 Å². The van der Waals surface area contributed by atoms with E-state index in [0.29, 0.717) is 48.2 Å². The van der Waals surface area contributed by atoms with Crippen LogP contribution in [0.15, 0.2) is 53.3 Å². The first-order chi connectivity index (χ1) is 17.5. The number of amides is 2. The van der Waals surface area contributed by atoms with Gasteiger partial charge in [-0.15, -0.1) is 0 Å². The van der Waals surface area contributed by atoms with E-state index in [0.717, 1.165) is 0 Å². The molecular formula is C25H25FN4O6. The molecule has 1 saturated heterocycles. The van der Waals surface area contributed by atoms with Crippen LogP contribution in [0.1, 0.15) is 22.3 Å². The molecule has 2 atom stereocenters. The maximum absolute atomic E-state index is 14.4. The highest BCUT2D eigenvalue weighted by Crippen LogP contribution is 2.29. The summed E-state index contributed by atoms with van der Waals surface area (Å²) in [6, 6.07) is 8.99. The van der Waals surface area contributed by atoms with Gasteiger partial charge in [0.25, 0.3) is 17.8 Å². The van der Waals surface area contributed by atoms with E-state index in [1.807, 2.05) is 4.90 Å². The normalized spacial score (nSPS) is 20.3. The van der Waals surface area contributed by atoms with Crippen molar-refractivity contribution < 1.29 is 32.6 Å². The quantitative estimate of drug-likeness (QED) is 0.556. The van der Waals surface area contributed by atoms with Crippen LogP contribution in [0.25, 0.3) is 0 Å². The summed E-state index contributed by atoms with van der Waals surface area (Å²) in [5.41, 5.74) is 0.848. The van der Waals surface area contributed by atoms with Gasteiger partial charge in [-0.25, -0.2) is 9.37 Å². The van der Waals surface area contributed by atoms with Gasteiger partial charge in [0.15, 0.2) is 18.1 Å². The van der Waals surface area contributed by atoms with E-state index in [-0.39, 0.29) is 24.8 Å². The van der Waals surface area contributed by atoms with Crippen LogP contribution in [0.2, 0.25) is 0 Å². The Morgan fingerprint density at radius 3 is 2.89 bits per heavy atom. The molecule has 2 aliphatic heterocycles. The zero-order valence-electron chi connectivity index (χ0n) is 19.5. The molecule has 0 spiro atoms. The van der Waals surface area contributed by atoms with Gasteiger partial charge in [0.05, 0.1) is 19.3 Å². The number of ether oxygens (including phenoxy) is 3. The Morgan fingerprint density at radius 1 is 1.19 bits per heavy atom. The van der Waals surface area contributed by atoms with Gasteiger partial charge in [-0.1, -0.05) is 0 Å². The summed E-state index contributed by atoms with van der Waals surface area (Å²) in [5, 5.41) is 5.73. The summed E-state index contributed by atoms with van der Waals surface area (Å²) >= 11 is 0. The van der Waals surface area contributed by atoms with Crippen molar-refractivity contribution in [3.8, 4) is 17.2 Å². The molecule has 36 heavy (non-hydrogen) atoms. The van der Waals surface area contributed by atoms with E-state index in [4.69, 9.17) is 18.6 Å². The van der Waals surface area contributed by atoms with Crippen LogP contribution in [-0.2, 0) is 11.3 Å². The van der Waals surface area contributed by atoms with E-state index >= 15 is 0 Å². The van der Waals surface area contributed by atoms with Gasteiger partial charge in [0.1, 0.15) is 23.9 Å². The number of hydrogen-bond donors (Lipinski definition) is 2. The third-order valence-electron chi connectivity index (χ3n) is 6.05. The average molecular weight is 496 g/mol. The fourth-order valence-corrected chi connectivity index (χ4v) is 4.30. The number of nitrogens with one attached hydrogen (secondary N) is 2. The Kier molecular flexibility index (Phi) is 6.61. The van der Waals surface area contributed by atoms with Crippen molar-refractivity contribution in [2.75, 3.05) is 31.7 Å². The minimum absolute atomic E-state index is 0.0935. The first-order valence-corrected chi connectivity index (χ1v) is 11.5. The number of halogens is 1. The van der Waals surface area contributed by atoms with Gasteiger partial charge in [-0.3, -0.25) is 9.59 Å². The largest absolute Gasteiger partial charge is 0.493 e. The van der Waals surface area contributed by atoms with Crippen LogP contribution in [-0.4, -0.2) is 55.8 Å². The highest BCUT2D eigenvalue weighted by molar-refractivity contribution is 5.95. The van der Waals surface area contributed by atoms with Crippen LogP contribution in [0.3, 0.4) is 0 Å². The van der Waals surface area contributed by atoms with E-state index in [1.54, 1.807) is 24.4 Å². The van der Waals surface area contributed by atoms with Crippen LogP contribution in [0.4, 0.5) is 10.4 Å². The molecule has 10 nitrogen and oxygen atoms in total.